The Hall–Kier alpha value is -3.16. The molecule has 2 aliphatic heterocycles. The molecule has 0 spiro atoms. The van der Waals surface area contributed by atoms with Crippen LogP contribution < -0.4 is 9.64 Å². The summed E-state index contributed by atoms with van der Waals surface area (Å²) < 4.78 is 19.7. The average Bonchev–Trinajstić information content (AvgIpc) is 2.72. The Kier molecular flexibility index (Phi) is 4.86. The first-order chi connectivity index (χ1) is 13.8. The van der Waals surface area contributed by atoms with E-state index in [1.807, 2.05) is 4.90 Å². The Bertz CT molecular complexity index is 935. The zero-order chi connectivity index (χ0) is 20.6. The van der Waals surface area contributed by atoms with Crippen LogP contribution in [0.2, 0.25) is 0 Å². The lowest BCUT2D eigenvalue weighted by Crippen LogP contribution is -2.43. The van der Waals surface area contributed by atoms with Crippen molar-refractivity contribution in [2.45, 2.75) is 25.4 Å². The maximum absolute atomic E-state index is 14.0. The van der Waals surface area contributed by atoms with Gasteiger partial charge >= 0.3 is 5.97 Å². The lowest BCUT2D eigenvalue weighted by Gasteiger charge is -2.34. The van der Waals surface area contributed by atoms with Gasteiger partial charge in [-0.25, -0.2) is 14.2 Å². The van der Waals surface area contributed by atoms with Crippen LogP contribution in [0.1, 0.15) is 40.5 Å². The van der Waals surface area contributed by atoms with Crippen LogP contribution in [0.5, 0.6) is 5.75 Å². The quantitative estimate of drug-likeness (QED) is 0.853. The smallest absolute Gasteiger partial charge is 0.335 e. The number of nitrogens with zero attached hydrogens (tertiary/aromatic N) is 3. The van der Waals surface area contributed by atoms with E-state index in [1.165, 1.54) is 6.20 Å². The molecule has 2 aliphatic rings. The number of amides is 1. The van der Waals surface area contributed by atoms with E-state index >= 15 is 0 Å². The van der Waals surface area contributed by atoms with Crippen molar-refractivity contribution >= 4 is 23.4 Å². The number of carboxylic acids is 1. The average molecular weight is 399 g/mol. The number of benzene rings is 1. The highest BCUT2D eigenvalue weighted by Gasteiger charge is 2.32. The van der Waals surface area contributed by atoms with E-state index in [9.17, 15) is 14.0 Å². The third-order valence-corrected chi connectivity index (χ3v) is 5.43. The second kappa shape index (κ2) is 7.35. The molecule has 0 bridgehead atoms. The number of fused-ring (bicyclic) bond motifs is 1. The van der Waals surface area contributed by atoms with Gasteiger partial charge in [0.15, 0.2) is 11.6 Å². The number of ether oxygens (including phenoxy) is 1. The molecule has 2 aromatic rings. The number of aromatic nitrogens is 1. The molecule has 29 heavy (non-hydrogen) atoms. The summed E-state index contributed by atoms with van der Waals surface area (Å²) in [5.41, 5.74) is 0.200. The number of likely N-dealkylation sites (tertiary alicyclic amines) is 1. The molecule has 0 aliphatic carbocycles. The zero-order valence-corrected chi connectivity index (χ0v) is 16.1. The van der Waals surface area contributed by atoms with Crippen LogP contribution >= 0.6 is 0 Å². The van der Waals surface area contributed by atoms with Gasteiger partial charge in [-0.3, -0.25) is 4.79 Å². The van der Waals surface area contributed by atoms with Crippen LogP contribution in [0.4, 0.5) is 15.9 Å². The standard InChI is InChI=1S/C21H22FN3O4/c1-21(22)6-8-24(9-7-21)19(26)15-12-17-18(23-13-15)25(10-11-29-17)16-4-2-14(3-5-16)20(27)28/h2-5,12-13H,6-11H2,1H3,(H,27,28). The zero-order valence-electron chi connectivity index (χ0n) is 16.1. The Morgan fingerprint density at radius 1 is 1.14 bits per heavy atom. The number of hydrogen-bond acceptors (Lipinski definition) is 5. The van der Waals surface area contributed by atoms with Crippen molar-refractivity contribution < 1.29 is 23.8 Å². The maximum atomic E-state index is 14.0. The van der Waals surface area contributed by atoms with Gasteiger partial charge in [-0.15, -0.1) is 0 Å². The molecule has 1 fully saturated rings. The lowest BCUT2D eigenvalue weighted by atomic mass is 9.95. The van der Waals surface area contributed by atoms with E-state index in [0.717, 1.165) is 5.69 Å². The summed E-state index contributed by atoms with van der Waals surface area (Å²) in [6, 6.07) is 8.20. The van der Waals surface area contributed by atoms with Crippen molar-refractivity contribution in [2.24, 2.45) is 0 Å². The van der Waals surface area contributed by atoms with Gasteiger partial charge in [-0.2, -0.15) is 0 Å². The molecule has 0 atom stereocenters. The monoisotopic (exact) mass is 399 g/mol. The number of hydrogen-bond donors (Lipinski definition) is 1. The minimum Gasteiger partial charge on any atom is -0.488 e. The highest BCUT2D eigenvalue weighted by atomic mass is 19.1. The normalized spacial score (nSPS) is 18.0. The number of carbonyl (C=O) groups is 2. The Labute approximate surface area is 167 Å². The first kappa shape index (κ1) is 19.2. The Morgan fingerprint density at radius 2 is 1.83 bits per heavy atom. The van der Waals surface area contributed by atoms with Crippen molar-refractivity contribution in [3.05, 3.63) is 47.7 Å². The minimum absolute atomic E-state index is 0.178. The molecular formula is C21H22FN3O4. The minimum atomic E-state index is -1.22. The first-order valence-electron chi connectivity index (χ1n) is 9.56. The Morgan fingerprint density at radius 3 is 2.48 bits per heavy atom. The van der Waals surface area contributed by atoms with Gasteiger partial charge in [0.1, 0.15) is 12.3 Å². The van der Waals surface area contributed by atoms with Gasteiger partial charge < -0.3 is 19.6 Å². The molecule has 1 aromatic heterocycles. The van der Waals surface area contributed by atoms with Crippen LogP contribution in [-0.2, 0) is 0 Å². The lowest BCUT2D eigenvalue weighted by molar-refractivity contribution is 0.0502. The van der Waals surface area contributed by atoms with Crippen molar-refractivity contribution in [1.29, 1.82) is 0 Å². The summed E-state index contributed by atoms with van der Waals surface area (Å²) in [6.45, 7) is 3.30. The van der Waals surface area contributed by atoms with Crippen LogP contribution in [0.15, 0.2) is 36.5 Å². The van der Waals surface area contributed by atoms with Crippen molar-refractivity contribution in [3.8, 4) is 5.75 Å². The molecule has 1 amide bonds. The molecule has 0 unspecified atom stereocenters. The van der Waals surface area contributed by atoms with Crippen LogP contribution in [0, 0.1) is 0 Å². The second-order valence-electron chi connectivity index (χ2n) is 7.60. The predicted molar refractivity (Wildman–Crippen MR) is 105 cm³/mol. The van der Waals surface area contributed by atoms with Gasteiger partial charge in [0.05, 0.1) is 17.7 Å². The molecule has 152 valence electrons. The summed E-state index contributed by atoms with van der Waals surface area (Å²) in [6.07, 6.45) is 2.17. The molecule has 7 nitrogen and oxygen atoms in total. The predicted octanol–water partition coefficient (Wildman–Crippen LogP) is 3.27. The topological polar surface area (TPSA) is 83.0 Å². The number of pyridine rings is 1. The highest BCUT2D eigenvalue weighted by molar-refractivity contribution is 5.95. The van der Waals surface area contributed by atoms with Crippen molar-refractivity contribution in [1.82, 2.24) is 9.88 Å². The number of anilines is 2. The second-order valence-corrected chi connectivity index (χ2v) is 7.60. The van der Waals surface area contributed by atoms with Gasteiger partial charge in [-0.05, 0) is 50.1 Å². The van der Waals surface area contributed by atoms with Gasteiger partial charge in [-0.1, -0.05) is 0 Å². The van der Waals surface area contributed by atoms with Crippen LogP contribution in [0.3, 0.4) is 0 Å². The molecule has 8 heteroatoms. The number of carbonyl (C=O) groups excluding carboxylic acids is 1. The molecular weight excluding hydrogens is 377 g/mol. The van der Waals surface area contributed by atoms with Gasteiger partial charge in [0.25, 0.3) is 5.91 Å². The fourth-order valence-corrected chi connectivity index (χ4v) is 3.61. The summed E-state index contributed by atoms with van der Waals surface area (Å²) in [5, 5.41) is 9.06. The summed E-state index contributed by atoms with van der Waals surface area (Å²) in [7, 11) is 0. The fourth-order valence-electron chi connectivity index (χ4n) is 3.61. The van der Waals surface area contributed by atoms with Crippen LogP contribution in [0.25, 0.3) is 0 Å². The van der Waals surface area contributed by atoms with E-state index in [0.29, 0.717) is 56.2 Å². The van der Waals surface area contributed by atoms with E-state index < -0.39 is 11.6 Å². The molecule has 1 saturated heterocycles. The fraction of sp³-hybridized carbons (Fsp3) is 0.381. The number of carboxylic acid groups (broad SMARTS) is 1. The van der Waals surface area contributed by atoms with E-state index in [4.69, 9.17) is 9.84 Å². The summed E-state index contributed by atoms with van der Waals surface area (Å²) in [4.78, 5) is 31.9. The highest BCUT2D eigenvalue weighted by Crippen LogP contribution is 2.36. The molecule has 4 rings (SSSR count). The van der Waals surface area contributed by atoms with Gasteiger partial charge in [0.2, 0.25) is 0 Å². The SMILES string of the molecule is CC1(F)CCN(C(=O)c2cnc3c(c2)OCCN3c2ccc(C(=O)O)cc2)CC1. The first-order valence-corrected chi connectivity index (χ1v) is 9.56. The van der Waals surface area contributed by atoms with E-state index in [2.05, 4.69) is 4.98 Å². The molecule has 0 radical (unpaired) electrons. The third-order valence-electron chi connectivity index (χ3n) is 5.43. The van der Waals surface area contributed by atoms with Crippen molar-refractivity contribution in [2.75, 3.05) is 31.1 Å². The molecule has 3 heterocycles. The third kappa shape index (κ3) is 3.87. The molecule has 1 aromatic carbocycles. The summed E-state index contributed by atoms with van der Waals surface area (Å²) in [5.74, 6) is -0.0871. The maximum Gasteiger partial charge on any atom is 0.335 e. The largest absolute Gasteiger partial charge is 0.488 e. The number of rotatable bonds is 3. The van der Waals surface area contributed by atoms with E-state index in [1.54, 1.807) is 42.2 Å². The molecule has 0 saturated carbocycles. The molecule has 1 N–H and O–H groups in total. The number of aromatic carboxylic acids is 1. The van der Waals surface area contributed by atoms with Gasteiger partial charge in [0, 0.05) is 25.0 Å². The van der Waals surface area contributed by atoms with Crippen molar-refractivity contribution in [3.63, 3.8) is 0 Å². The number of alkyl halides is 1. The van der Waals surface area contributed by atoms with E-state index in [-0.39, 0.29) is 11.5 Å². The Balaban J connectivity index is 1.55. The number of piperidine rings is 1. The number of halogens is 1. The summed E-state index contributed by atoms with van der Waals surface area (Å²) >= 11 is 0. The van der Waals surface area contributed by atoms with Crippen LogP contribution in [-0.4, -0.2) is 58.8 Å².